The Kier molecular flexibility index (Phi) is 29.6. The number of allylic oxidation sites excluding steroid dienone is 1. The summed E-state index contributed by atoms with van der Waals surface area (Å²) in [5.41, 5.74) is -5.22. The maximum absolute atomic E-state index is 13.7. The molecule has 2 aliphatic heterocycles. The highest BCUT2D eigenvalue weighted by Crippen LogP contribution is 2.32. The minimum atomic E-state index is -0.808. The van der Waals surface area contributed by atoms with Crippen molar-refractivity contribution < 1.29 is 71.5 Å². The average Bonchev–Trinajstić information content (AvgIpc) is 1.81. The molecule has 2 fully saturated rings. The molecule has 0 spiro atoms. The lowest BCUT2D eigenvalue weighted by molar-refractivity contribution is -0.168. The van der Waals surface area contributed by atoms with E-state index < -0.39 is 75.2 Å². The van der Waals surface area contributed by atoms with Gasteiger partial charge in [-0.15, -0.1) is 11.8 Å². The highest BCUT2D eigenvalue weighted by Gasteiger charge is 2.42. The molecule has 3 atom stereocenters. The molecule has 88 heavy (non-hydrogen) atoms. The molecule has 2 aliphatic rings. The summed E-state index contributed by atoms with van der Waals surface area (Å²) < 4.78 is 41.3. The number of unbranched alkanes of at least 4 members (excludes halogenated alkanes) is 1. The van der Waals surface area contributed by atoms with E-state index in [2.05, 4.69) is 49.4 Å². The summed E-state index contributed by atoms with van der Waals surface area (Å²) >= 11 is 1.81. The number of rotatable bonds is 39. The Hall–Kier alpha value is -5.65. The number of ether oxygens (including phenoxy) is 7. The summed E-state index contributed by atoms with van der Waals surface area (Å²) in [4.78, 5) is 103. The SMILES string of the molecule is CC(C)(C)OC(=O)C(C)(C)CCOC(C)(C)CCNC(=O)COc1cc(OCC(=O)NCCC(C)(C)OCCC(C)(C)C(=O)OC(C)(C)C)cc(C(=O)NCCNC(=O)C(C)(C)CCOC(C)(C)CCNC(=O)CCC/C=C/[C@@H]2SC[C@@H]3NC(=O)N[C@@H]32)c1. The highest BCUT2D eigenvalue weighted by molar-refractivity contribution is 8.00. The molecule has 2 heterocycles. The first-order chi connectivity index (χ1) is 40.6. The predicted molar refractivity (Wildman–Crippen MR) is 341 cm³/mol. The van der Waals surface area contributed by atoms with Gasteiger partial charge in [-0.2, -0.15) is 0 Å². The number of hydrogen-bond donors (Lipinski definition) is 7. The fourth-order valence-electron chi connectivity index (χ4n) is 8.79. The molecule has 7 N–H and O–H groups in total. The summed E-state index contributed by atoms with van der Waals surface area (Å²) in [5.74, 6) is -1.12. The van der Waals surface area contributed by atoms with Crippen LogP contribution < -0.4 is 46.7 Å². The Balaban J connectivity index is 1.50. The first kappa shape index (κ1) is 76.6. The molecule has 0 radical (unpaired) electrons. The van der Waals surface area contributed by atoms with Gasteiger partial charge in [0.1, 0.15) is 22.7 Å². The first-order valence-electron chi connectivity index (χ1n) is 31.1. The molecule has 3 rings (SSSR count). The van der Waals surface area contributed by atoms with E-state index in [0.717, 1.165) is 18.6 Å². The zero-order chi connectivity index (χ0) is 66.4. The summed E-state index contributed by atoms with van der Waals surface area (Å²) in [6.07, 6.45) is 8.90. The van der Waals surface area contributed by atoms with Gasteiger partial charge in [-0.25, -0.2) is 4.79 Å². The van der Waals surface area contributed by atoms with E-state index in [0.29, 0.717) is 71.3 Å². The maximum atomic E-state index is 13.7. The smallest absolute Gasteiger partial charge is 0.315 e. The Bertz CT molecular complexity index is 2420. The molecular weight excluding hydrogens is 1150 g/mol. The summed E-state index contributed by atoms with van der Waals surface area (Å²) in [5, 5.41) is 20.5. The Morgan fingerprint density at radius 1 is 0.534 bits per heavy atom. The minimum absolute atomic E-state index is 0.0258. The number of hydrogen-bond acceptors (Lipinski definition) is 16. The van der Waals surface area contributed by atoms with Crippen LogP contribution in [0.4, 0.5) is 4.79 Å². The second-order valence-corrected chi connectivity index (χ2v) is 29.9. The largest absolute Gasteiger partial charge is 0.484 e. The van der Waals surface area contributed by atoms with Gasteiger partial charge in [0, 0.05) is 87.0 Å². The Morgan fingerprint density at radius 2 is 0.966 bits per heavy atom. The van der Waals surface area contributed by atoms with E-state index in [1.165, 1.54) is 18.2 Å². The molecular formula is C65H109N7O15S. The maximum Gasteiger partial charge on any atom is 0.315 e. The zero-order valence-corrected chi connectivity index (χ0v) is 57.1. The van der Waals surface area contributed by atoms with Crippen LogP contribution in [0, 0.1) is 16.2 Å². The van der Waals surface area contributed by atoms with Crippen molar-refractivity contribution >= 4 is 59.3 Å². The molecule has 2 saturated heterocycles. The van der Waals surface area contributed by atoms with Crippen LogP contribution >= 0.6 is 11.8 Å². The third-order valence-corrected chi connectivity index (χ3v) is 16.3. The van der Waals surface area contributed by atoms with E-state index in [4.69, 9.17) is 33.2 Å². The van der Waals surface area contributed by atoms with Gasteiger partial charge in [0.05, 0.1) is 39.7 Å². The lowest BCUT2D eigenvalue weighted by Crippen LogP contribution is -2.42. The monoisotopic (exact) mass is 1260 g/mol. The fourth-order valence-corrected chi connectivity index (χ4v) is 10.2. The fraction of sp³-hybridized carbons (Fsp3) is 0.754. The van der Waals surface area contributed by atoms with Crippen molar-refractivity contribution in [3.8, 4) is 11.5 Å². The van der Waals surface area contributed by atoms with Crippen LogP contribution in [0.2, 0.25) is 0 Å². The van der Waals surface area contributed by atoms with E-state index in [1.807, 2.05) is 136 Å². The van der Waals surface area contributed by atoms with Gasteiger partial charge in [0.2, 0.25) is 11.8 Å². The molecule has 0 unspecified atom stereocenters. The predicted octanol–water partition coefficient (Wildman–Crippen LogP) is 8.02. The van der Waals surface area contributed by atoms with Crippen molar-refractivity contribution in [3.63, 3.8) is 0 Å². The topological polar surface area (TPSA) is 285 Å². The summed E-state index contributed by atoms with van der Waals surface area (Å²) in [7, 11) is 0. The Morgan fingerprint density at radius 3 is 1.42 bits per heavy atom. The van der Waals surface area contributed by atoms with Crippen LogP contribution in [0.25, 0.3) is 0 Å². The van der Waals surface area contributed by atoms with E-state index in [-0.39, 0.29) is 90.4 Å². The number of fused-ring (bicyclic) bond motifs is 1. The summed E-state index contributed by atoms with van der Waals surface area (Å²) in [6, 6.07) is 4.53. The molecule has 7 amide bonds. The molecule has 0 aliphatic carbocycles. The molecule has 0 bridgehead atoms. The van der Waals surface area contributed by atoms with Crippen molar-refractivity contribution in [3.05, 3.63) is 35.9 Å². The molecule has 1 aromatic carbocycles. The van der Waals surface area contributed by atoms with E-state index in [1.54, 1.807) is 0 Å². The van der Waals surface area contributed by atoms with Crippen molar-refractivity contribution in [1.29, 1.82) is 0 Å². The quantitative estimate of drug-likeness (QED) is 0.0142. The number of nitrogens with one attached hydrogen (secondary N) is 7. The van der Waals surface area contributed by atoms with Gasteiger partial charge < -0.3 is 70.4 Å². The first-order valence-corrected chi connectivity index (χ1v) is 32.1. The number of carbonyl (C=O) groups excluding carboxylic acids is 8. The van der Waals surface area contributed by atoms with Gasteiger partial charge in [0.25, 0.3) is 17.7 Å². The van der Waals surface area contributed by atoms with Crippen molar-refractivity contribution in [1.82, 2.24) is 37.2 Å². The van der Waals surface area contributed by atoms with Crippen molar-refractivity contribution in [2.75, 3.05) is 71.5 Å². The van der Waals surface area contributed by atoms with Gasteiger partial charge in [-0.1, -0.05) is 26.0 Å². The van der Waals surface area contributed by atoms with Gasteiger partial charge in [-0.3, -0.25) is 33.6 Å². The third kappa shape index (κ3) is 30.2. The van der Waals surface area contributed by atoms with Gasteiger partial charge >= 0.3 is 18.0 Å². The number of thioether (sulfide) groups is 1. The van der Waals surface area contributed by atoms with Crippen molar-refractivity contribution in [2.24, 2.45) is 16.2 Å². The molecule has 500 valence electrons. The van der Waals surface area contributed by atoms with Crippen LogP contribution in [0.1, 0.15) is 193 Å². The van der Waals surface area contributed by atoms with E-state index in [9.17, 15) is 38.4 Å². The molecule has 1 aromatic rings. The van der Waals surface area contributed by atoms with Gasteiger partial charge in [0.15, 0.2) is 13.2 Å². The minimum Gasteiger partial charge on any atom is -0.484 e. The standard InChI is InChI=1S/C65H109N7O15S/c1-58(2,3)86-55(78)61(9,10)28-36-84-64(15,16)25-31-67-50(74)41-81-45-38-44(39-46(40-45)82-42-51(75)68-32-26-65(17,18)85-37-29-62(11,12)56(79)87-59(4,5)6)53(76)69-33-34-70-54(77)60(7,8)27-35-83-63(13,14)24-30-66-49(73)23-21-19-20-22-48-52-47(43-88-48)71-57(80)72-52/h20,22,38-40,47-48,52H,19,21,23-37,41-43H2,1-18H3,(H,66,73)(H,67,74)(H,68,75)(H,69,76)(H,70,77)(H2,71,72,80)/b22-20+/t47-,48-,52-/m0/s1. The van der Waals surface area contributed by atoms with Crippen LogP contribution in [0.3, 0.4) is 0 Å². The van der Waals surface area contributed by atoms with Crippen LogP contribution in [0.5, 0.6) is 11.5 Å². The Labute approximate surface area is 528 Å². The molecule has 23 heteroatoms. The number of carbonyl (C=O) groups is 8. The zero-order valence-electron chi connectivity index (χ0n) is 56.3. The lowest BCUT2D eigenvalue weighted by atomic mass is 9.88. The van der Waals surface area contributed by atoms with Crippen LogP contribution in [-0.2, 0) is 52.5 Å². The second-order valence-electron chi connectivity index (χ2n) is 28.7. The number of amides is 7. The highest BCUT2D eigenvalue weighted by atomic mass is 32.2. The third-order valence-electron chi connectivity index (χ3n) is 14.9. The molecule has 0 saturated carbocycles. The van der Waals surface area contributed by atoms with Gasteiger partial charge in [-0.05, 0) is 174 Å². The average molecular weight is 1260 g/mol. The molecule has 22 nitrogen and oxygen atoms in total. The van der Waals surface area contributed by atoms with Crippen molar-refractivity contribution in [2.45, 2.75) is 228 Å². The summed E-state index contributed by atoms with van der Waals surface area (Å²) in [6.45, 7) is 34.6. The number of esters is 2. The van der Waals surface area contributed by atoms with E-state index >= 15 is 0 Å². The molecule has 0 aromatic heterocycles. The normalized spacial score (nSPS) is 16.7. The van der Waals surface area contributed by atoms with Crippen LogP contribution in [-0.4, -0.2) is 164 Å². The number of benzene rings is 1. The number of urea groups is 1. The van der Waals surface area contributed by atoms with Crippen LogP contribution in [0.15, 0.2) is 30.4 Å². The second kappa shape index (κ2) is 34.0. The lowest BCUT2D eigenvalue weighted by Gasteiger charge is -2.30.